The van der Waals surface area contributed by atoms with Crippen molar-refractivity contribution in [3.8, 4) is 5.75 Å². The van der Waals surface area contributed by atoms with Gasteiger partial charge in [0, 0.05) is 19.6 Å². The molecule has 1 aliphatic rings. The molecule has 3 aromatic rings. The molecule has 1 amide bonds. The van der Waals surface area contributed by atoms with Gasteiger partial charge in [0.05, 0.1) is 19.0 Å². The van der Waals surface area contributed by atoms with Crippen molar-refractivity contribution < 1.29 is 9.53 Å². The van der Waals surface area contributed by atoms with Crippen LogP contribution in [0.2, 0.25) is 0 Å². The van der Waals surface area contributed by atoms with Gasteiger partial charge < -0.3 is 15.0 Å². The molecule has 0 saturated carbocycles. The fraction of sp³-hybridized carbons (Fsp3) is 0.250. The standard InChI is InChI=1S/C24H25N3O2/c1-29-23-9-5-4-7-19(23)12-14-25-21-10-11-22(26-16-21)24(28)27-15-13-18-6-2-3-8-20(18)17-27/h2-11,16,25H,12-15,17H2,1H3. The second-order valence-corrected chi connectivity index (χ2v) is 7.17. The second kappa shape index (κ2) is 8.78. The third-order valence-corrected chi connectivity index (χ3v) is 5.32. The summed E-state index contributed by atoms with van der Waals surface area (Å²) in [6, 6.07) is 20.0. The van der Waals surface area contributed by atoms with Crippen LogP contribution < -0.4 is 10.1 Å². The molecule has 0 unspecified atom stereocenters. The molecule has 1 aromatic heterocycles. The van der Waals surface area contributed by atoms with E-state index in [1.807, 2.05) is 35.2 Å². The van der Waals surface area contributed by atoms with Crippen molar-refractivity contribution in [3.63, 3.8) is 0 Å². The van der Waals surface area contributed by atoms with Crippen molar-refractivity contribution in [1.82, 2.24) is 9.88 Å². The number of methoxy groups -OCH3 is 1. The van der Waals surface area contributed by atoms with Crippen LogP contribution in [0.15, 0.2) is 66.9 Å². The highest BCUT2D eigenvalue weighted by atomic mass is 16.5. The van der Waals surface area contributed by atoms with E-state index in [2.05, 4.69) is 34.6 Å². The summed E-state index contributed by atoms with van der Waals surface area (Å²) in [6.07, 6.45) is 3.47. The van der Waals surface area contributed by atoms with Crippen LogP contribution in [-0.4, -0.2) is 36.0 Å². The first-order valence-electron chi connectivity index (χ1n) is 9.92. The number of ether oxygens (including phenoxy) is 1. The summed E-state index contributed by atoms with van der Waals surface area (Å²) in [5.74, 6) is 0.886. The van der Waals surface area contributed by atoms with E-state index in [0.717, 1.165) is 42.9 Å². The predicted molar refractivity (Wildman–Crippen MR) is 114 cm³/mol. The number of aromatic nitrogens is 1. The Morgan fingerprint density at radius 2 is 1.86 bits per heavy atom. The molecule has 29 heavy (non-hydrogen) atoms. The van der Waals surface area contributed by atoms with Crippen LogP contribution in [-0.2, 0) is 19.4 Å². The number of nitrogens with one attached hydrogen (secondary N) is 1. The van der Waals surface area contributed by atoms with Gasteiger partial charge in [-0.05, 0) is 47.7 Å². The zero-order chi connectivity index (χ0) is 20.1. The topological polar surface area (TPSA) is 54.5 Å². The van der Waals surface area contributed by atoms with Crippen molar-refractivity contribution in [3.05, 3.63) is 89.2 Å². The number of fused-ring (bicyclic) bond motifs is 1. The van der Waals surface area contributed by atoms with Crippen molar-refractivity contribution in [1.29, 1.82) is 0 Å². The average molecular weight is 387 g/mol. The first kappa shape index (κ1) is 19.0. The number of hydrogen-bond acceptors (Lipinski definition) is 4. The largest absolute Gasteiger partial charge is 0.496 e. The molecule has 0 radical (unpaired) electrons. The zero-order valence-corrected chi connectivity index (χ0v) is 16.6. The first-order chi connectivity index (χ1) is 14.2. The number of para-hydroxylation sites is 1. The monoisotopic (exact) mass is 387 g/mol. The Morgan fingerprint density at radius 3 is 2.66 bits per heavy atom. The summed E-state index contributed by atoms with van der Waals surface area (Å²) >= 11 is 0. The van der Waals surface area contributed by atoms with E-state index in [1.54, 1.807) is 19.4 Å². The summed E-state index contributed by atoms with van der Waals surface area (Å²) in [6.45, 7) is 2.14. The summed E-state index contributed by atoms with van der Waals surface area (Å²) < 4.78 is 5.39. The minimum atomic E-state index is -0.0138. The van der Waals surface area contributed by atoms with Gasteiger partial charge in [0.15, 0.2) is 0 Å². The van der Waals surface area contributed by atoms with Gasteiger partial charge in [0.1, 0.15) is 11.4 Å². The normalized spacial score (nSPS) is 12.9. The van der Waals surface area contributed by atoms with Gasteiger partial charge in [-0.2, -0.15) is 0 Å². The molecule has 1 N–H and O–H groups in total. The number of pyridine rings is 1. The third-order valence-electron chi connectivity index (χ3n) is 5.32. The minimum absolute atomic E-state index is 0.0138. The van der Waals surface area contributed by atoms with Crippen LogP contribution in [0.3, 0.4) is 0 Å². The molecule has 0 bridgehead atoms. The van der Waals surface area contributed by atoms with Crippen molar-refractivity contribution in [2.75, 3.05) is 25.5 Å². The van der Waals surface area contributed by atoms with Crippen LogP contribution in [0, 0.1) is 0 Å². The highest BCUT2D eigenvalue weighted by Gasteiger charge is 2.22. The average Bonchev–Trinajstić information content (AvgIpc) is 2.79. The Morgan fingerprint density at radius 1 is 1.07 bits per heavy atom. The molecule has 1 aliphatic heterocycles. The third kappa shape index (κ3) is 4.40. The molecular formula is C24H25N3O2. The number of amides is 1. The lowest BCUT2D eigenvalue weighted by Gasteiger charge is -2.28. The Labute approximate surface area is 171 Å². The molecule has 2 aromatic carbocycles. The lowest BCUT2D eigenvalue weighted by atomic mass is 10.00. The Balaban J connectivity index is 1.34. The zero-order valence-electron chi connectivity index (χ0n) is 16.6. The van der Waals surface area contributed by atoms with E-state index in [-0.39, 0.29) is 5.91 Å². The van der Waals surface area contributed by atoms with E-state index in [9.17, 15) is 4.79 Å². The van der Waals surface area contributed by atoms with Crippen molar-refractivity contribution in [2.45, 2.75) is 19.4 Å². The van der Waals surface area contributed by atoms with Gasteiger partial charge in [0.25, 0.3) is 5.91 Å². The molecule has 4 rings (SSSR count). The Bertz CT molecular complexity index is 985. The van der Waals surface area contributed by atoms with E-state index in [1.165, 1.54) is 11.1 Å². The lowest BCUT2D eigenvalue weighted by molar-refractivity contribution is 0.0729. The number of nitrogens with zero attached hydrogens (tertiary/aromatic N) is 2. The minimum Gasteiger partial charge on any atom is -0.496 e. The lowest BCUT2D eigenvalue weighted by Crippen LogP contribution is -2.36. The quantitative estimate of drug-likeness (QED) is 0.696. The molecule has 0 saturated heterocycles. The Kier molecular flexibility index (Phi) is 5.75. The smallest absolute Gasteiger partial charge is 0.272 e. The van der Waals surface area contributed by atoms with Crippen LogP contribution in [0.1, 0.15) is 27.2 Å². The number of benzene rings is 2. The van der Waals surface area contributed by atoms with Crippen molar-refractivity contribution in [2.24, 2.45) is 0 Å². The fourth-order valence-corrected chi connectivity index (χ4v) is 3.71. The summed E-state index contributed by atoms with van der Waals surface area (Å²) in [7, 11) is 1.69. The van der Waals surface area contributed by atoms with E-state index >= 15 is 0 Å². The van der Waals surface area contributed by atoms with Crippen LogP contribution in [0.5, 0.6) is 5.75 Å². The molecule has 0 atom stereocenters. The first-order valence-corrected chi connectivity index (χ1v) is 9.92. The highest BCUT2D eigenvalue weighted by molar-refractivity contribution is 5.92. The molecule has 148 valence electrons. The summed E-state index contributed by atoms with van der Waals surface area (Å²) in [5.41, 5.74) is 5.11. The summed E-state index contributed by atoms with van der Waals surface area (Å²) in [5, 5.41) is 3.36. The second-order valence-electron chi connectivity index (χ2n) is 7.17. The van der Waals surface area contributed by atoms with Gasteiger partial charge in [-0.3, -0.25) is 4.79 Å². The molecule has 0 spiro atoms. The highest BCUT2D eigenvalue weighted by Crippen LogP contribution is 2.21. The molecule has 2 heterocycles. The Hall–Kier alpha value is -3.34. The number of anilines is 1. The van der Waals surface area contributed by atoms with Gasteiger partial charge >= 0.3 is 0 Å². The summed E-state index contributed by atoms with van der Waals surface area (Å²) in [4.78, 5) is 19.1. The maximum Gasteiger partial charge on any atom is 0.272 e. The maximum atomic E-state index is 12.8. The molecular weight excluding hydrogens is 362 g/mol. The fourth-order valence-electron chi connectivity index (χ4n) is 3.71. The molecule has 5 nitrogen and oxygen atoms in total. The maximum absolute atomic E-state index is 12.8. The molecule has 0 fully saturated rings. The van der Waals surface area contributed by atoms with Crippen LogP contribution in [0.25, 0.3) is 0 Å². The van der Waals surface area contributed by atoms with E-state index in [4.69, 9.17) is 4.74 Å². The number of carbonyl (C=O) groups is 1. The van der Waals surface area contributed by atoms with Crippen LogP contribution >= 0.6 is 0 Å². The van der Waals surface area contributed by atoms with Gasteiger partial charge in [-0.15, -0.1) is 0 Å². The van der Waals surface area contributed by atoms with Gasteiger partial charge in [-0.25, -0.2) is 4.98 Å². The van der Waals surface area contributed by atoms with Crippen LogP contribution in [0.4, 0.5) is 5.69 Å². The van der Waals surface area contributed by atoms with Gasteiger partial charge in [-0.1, -0.05) is 42.5 Å². The van der Waals surface area contributed by atoms with E-state index < -0.39 is 0 Å². The molecule has 0 aliphatic carbocycles. The predicted octanol–water partition coefficient (Wildman–Crippen LogP) is 3.94. The number of carbonyl (C=O) groups excluding carboxylic acids is 1. The molecule has 5 heteroatoms. The number of rotatable bonds is 6. The van der Waals surface area contributed by atoms with Crippen molar-refractivity contribution >= 4 is 11.6 Å². The number of hydrogen-bond donors (Lipinski definition) is 1. The SMILES string of the molecule is COc1ccccc1CCNc1ccc(C(=O)N2CCc3ccccc3C2)nc1. The van der Waals surface area contributed by atoms with Gasteiger partial charge in [0.2, 0.25) is 0 Å². The van der Waals surface area contributed by atoms with E-state index in [0.29, 0.717) is 12.2 Å².